The lowest BCUT2D eigenvalue weighted by molar-refractivity contribution is -0.133. The van der Waals surface area contributed by atoms with Crippen LogP contribution in [0.3, 0.4) is 0 Å². The van der Waals surface area contributed by atoms with Crippen LogP contribution in [0.25, 0.3) is 0 Å². The number of morpholine rings is 1. The molecule has 0 aromatic heterocycles. The first-order valence-corrected chi connectivity index (χ1v) is 5.23. The Kier molecular flexibility index (Phi) is 3.10. The third-order valence-corrected chi connectivity index (χ3v) is 2.64. The third-order valence-electron chi connectivity index (χ3n) is 2.64. The molecule has 0 bridgehead atoms. The fourth-order valence-electron chi connectivity index (χ4n) is 1.78. The van der Waals surface area contributed by atoms with E-state index < -0.39 is 0 Å². The van der Waals surface area contributed by atoms with Gasteiger partial charge in [-0.3, -0.25) is 4.79 Å². The smallest absolute Gasteiger partial charge is 0.246 e. The lowest BCUT2D eigenvalue weighted by Crippen LogP contribution is -2.38. The minimum atomic E-state index is -0.117. The highest BCUT2D eigenvalue weighted by molar-refractivity contribution is 5.77. The van der Waals surface area contributed by atoms with E-state index in [4.69, 9.17) is 9.47 Å². The molecule has 1 fully saturated rings. The molecule has 0 aliphatic carbocycles. The van der Waals surface area contributed by atoms with E-state index >= 15 is 0 Å². The summed E-state index contributed by atoms with van der Waals surface area (Å²) in [5, 5.41) is 2.78. The molecule has 0 saturated carbocycles. The van der Waals surface area contributed by atoms with E-state index in [0.717, 1.165) is 16.9 Å². The molecule has 4 heteroatoms. The van der Waals surface area contributed by atoms with Gasteiger partial charge < -0.3 is 14.8 Å². The second-order valence-electron chi connectivity index (χ2n) is 3.85. The highest BCUT2D eigenvalue weighted by Crippen LogP contribution is 2.29. The van der Waals surface area contributed by atoms with E-state index in [0.29, 0.717) is 6.54 Å². The number of carbonyl (C=O) groups excluding carboxylic acids is 1. The monoisotopic (exact) mass is 221 g/mol. The lowest BCUT2D eigenvalue weighted by atomic mass is 10.0. The molecule has 0 unspecified atom stereocenters. The number of carbonyl (C=O) groups is 1. The van der Waals surface area contributed by atoms with Crippen molar-refractivity contribution in [3.8, 4) is 5.75 Å². The fourth-order valence-corrected chi connectivity index (χ4v) is 1.78. The van der Waals surface area contributed by atoms with Crippen LogP contribution in [0.5, 0.6) is 5.75 Å². The van der Waals surface area contributed by atoms with E-state index in [1.165, 1.54) is 0 Å². The standard InChI is InChI=1S/C12H15NO3/c1-8-3-4-9(10(5-8)15-2)11-6-13-12(14)7-16-11/h3-5,11H,6-7H2,1-2H3,(H,13,14)/t11-/m0/s1. The zero-order valence-electron chi connectivity index (χ0n) is 9.45. The predicted octanol–water partition coefficient (Wildman–Crippen LogP) is 1.19. The Hall–Kier alpha value is -1.55. The molecule has 1 N–H and O–H groups in total. The highest BCUT2D eigenvalue weighted by Gasteiger charge is 2.22. The zero-order valence-corrected chi connectivity index (χ0v) is 9.45. The molecular weight excluding hydrogens is 206 g/mol. The molecule has 1 aliphatic rings. The van der Waals surface area contributed by atoms with Crippen molar-refractivity contribution in [1.82, 2.24) is 5.32 Å². The number of nitrogens with one attached hydrogen (secondary N) is 1. The van der Waals surface area contributed by atoms with Gasteiger partial charge in [-0.2, -0.15) is 0 Å². The van der Waals surface area contributed by atoms with Crippen LogP contribution in [-0.4, -0.2) is 26.2 Å². The van der Waals surface area contributed by atoms with E-state index in [9.17, 15) is 4.79 Å². The summed E-state index contributed by atoms with van der Waals surface area (Å²) in [5.74, 6) is 0.739. The molecule has 1 saturated heterocycles. The molecule has 1 heterocycles. The van der Waals surface area contributed by atoms with Gasteiger partial charge in [0.2, 0.25) is 5.91 Å². The Bertz CT molecular complexity index is 393. The van der Waals surface area contributed by atoms with E-state index in [2.05, 4.69) is 5.32 Å². The molecule has 1 aromatic rings. The second-order valence-corrected chi connectivity index (χ2v) is 3.85. The Morgan fingerprint density at radius 1 is 1.50 bits per heavy atom. The number of ether oxygens (including phenoxy) is 2. The van der Waals surface area contributed by atoms with E-state index in [1.54, 1.807) is 7.11 Å². The van der Waals surface area contributed by atoms with Crippen LogP contribution in [0.4, 0.5) is 0 Å². The van der Waals surface area contributed by atoms with Crippen molar-refractivity contribution in [1.29, 1.82) is 0 Å². The second kappa shape index (κ2) is 4.53. The molecule has 0 spiro atoms. The molecule has 86 valence electrons. The van der Waals surface area contributed by atoms with Crippen LogP contribution in [0.15, 0.2) is 18.2 Å². The summed E-state index contributed by atoms with van der Waals surface area (Å²) in [6.45, 7) is 2.62. The highest BCUT2D eigenvalue weighted by atomic mass is 16.5. The number of benzene rings is 1. The van der Waals surface area contributed by atoms with Crippen molar-refractivity contribution in [2.45, 2.75) is 13.0 Å². The van der Waals surface area contributed by atoms with Crippen molar-refractivity contribution in [3.63, 3.8) is 0 Å². The van der Waals surface area contributed by atoms with Crippen molar-refractivity contribution >= 4 is 5.91 Å². The summed E-state index contributed by atoms with van der Waals surface area (Å²) in [5.41, 5.74) is 2.12. The maximum Gasteiger partial charge on any atom is 0.246 e. The Morgan fingerprint density at radius 3 is 2.94 bits per heavy atom. The van der Waals surface area contributed by atoms with Gasteiger partial charge in [-0.05, 0) is 18.6 Å². The molecule has 16 heavy (non-hydrogen) atoms. The summed E-state index contributed by atoms with van der Waals surface area (Å²) >= 11 is 0. The van der Waals surface area contributed by atoms with Crippen molar-refractivity contribution < 1.29 is 14.3 Å². The molecule has 0 radical (unpaired) electrons. The van der Waals surface area contributed by atoms with Gasteiger partial charge in [-0.25, -0.2) is 0 Å². The van der Waals surface area contributed by atoms with Crippen LogP contribution in [0.1, 0.15) is 17.2 Å². The first-order valence-electron chi connectivity index (χ1n) is 5.23. The molecule has 4 nitrogen and oxygen atoms in total. The maximum atomic E-state index is 11.0. The Morgan fingerprint density at radius 2 is 2.31 bits per heavy atom. The topological polar surface area (TPSA) is 47.6 Å². The summed E-state index contributed by atoms with van der Waals surface area (Å²) < 4.78 is 10.8. The first kappa shape index (κ1) is 11.0. The quantitative estimate of drug-likeness (QED) is 0.816. The number of rotatable bonds is 2. The SMILES string of the molecule is COc1cc(C)ccc1[C@@H]1CNC(=O)CO1. The molecule has 1 aromatic carbocycles. The zero-order chi connectivity index (χ0) is 11.5. The van der Waals surface area contributed by atoms with Gasteiger partial charge in [0.25, 0.3) is 0 Å². The Balaban J connectivity index is 2.22. The maximum absolute atomic E-state index is 11.0. The van der Waals surface area contributed by atoms with Gasteiger partial charge >= 0.3 is 0 Å². The first-order chi connectivity index (χ1) is 7.70. The number of methoxy groups -OCH3 is 1. The van der Waals surface area contributed by atoms with Gasteiger partial charge in [-0.1, -0.05) is 12.1 Å². The molecular formula is C12H15NO3. The number of amides is 1. The molecule has 2 rings (SSSR count). The average molecular weight is 221 g/mol. The number of hydrogen-bond donors (Lipinski definition) is 1. The average Bonchev–Trinajstić information content (AvgIpc) is 2.30. The van der Waals surface area contributed by atoms with Crippen LogP contribution in [0, 0.1) is 6.92 Å². The lowest BCUT2D eigenvalue weighted by Gasteiger charge is -2.25. The number of hydrogen-bond acceptors (Lipinski definition) is 3. The predicted molar refractivity (Wildman–Crippen MR) is 59.4 cm³/mol. The van der Waals surface area contributed by atoms with Gasteiger partial charge in [-0.15, -0.1) is 0 Å². The largest absolute Gasteiger partial charge is 0.496 e. The van der Waals surface area contributed by atoms with Crippen LogP contribution in [-0.2, 0) is 9.53 Å². The minimum absolute atomic E-state index is 0.0673. The van der Waals surface area contributed by atoms with Crippen LogP contribution < -0.4 is 10.1 Å². The van der Waals surface area contributed by atoms with Crippen molar-refractivity contribution in [3.05, 3.63) is 29.3 Å². The van der Waals surface area contributed by atoms with Gasteiger partial charge in [0, 0.05) is 12.1 Å². The van der Waals surface area contributed by atoms with Crippen molar-refractivity contribution in [2.24, 2.45) is 0 Å². The van der Waals surface area contributed by atoms with Gasteiger partial charge in [0.15, 0.2) is 0 Å². The van der Waals surface area contributed by atoms with Gasteiger partial charge in [0.1, 0.15) is 18.5 Å². The van der Waals surface area contributed by atoms with E-state index in [-0.39, 0.29) is 18.6 Å². The Labute approximate surface area is 94.6 Å². The minimum Gasteiger partial charge on any atom is -0.496 e. The van der Waals surface area contributed by atoms with Crippen LogP contribution in [0.2, 0.25) is 0 Å². The normalized spacial score (nSPS) is 20.4. The van der Waals surface area contributed by atoms with Gasteiger partial charge in [0.05, 0.1) is 7.11 Å². The van der Waals surface area contributed by atoms with Crippen LogP contribution >= 0.6 is 0 Å². The van der Waals surface area contributed by atoms with Crippen molar-refractivity contribution in [2.75, 3.05) is 20.3 Å². The molecule has 1 atom stereocenters. The summed E-state index contributed by atoms with van der Waals surface area (Å²) in [7, 11) is 1.64. The molecule has 1 aliphatic heterocycles. The summed E-state index contributed by atoms with van der Waals surface area (Å²) in [6, 6.07) is 5.96. The summed E-state index contributed by atoms with van der Waals surface area (Å²) in [4.78, 5) is 11.0. The number of aryl methyl sites for hydroxylation is 1. The molecule has 1 amide bonds. The summed E-state index contributed by atoms with van der Waals surface area (Å²) in [6.07, 6.45) is -0.117. The third kappa shape index (κ3) is 2.17. The fraction of sp³-hybridized carbons (Fsp3) is 0.417. The van der Waals surface area contributed by atoms with E-state index in [1.807, 2.05) is 25.1 Å².